The monoisotopic (exact) mass is 326 g/mol. The zero-order chi connectivity index (χ0) is 17.2. The molecule has 3 heteroatoms. The topological polar surface area (TPSA) is 43.4 Å². The number of rotatable bonds is 17. The quantitative estimate of drug-likeness (QED) is 0.187. The van der Waals surface area contributed by atoms with E-state index in [0.717, 1.165) is 25.7 Å². The Hall–Kier alpha value is -0.860. The van der Waals surface area contributed by atoms with Crippen molar-refractivity contribution in [2.45, 2.75) is 110 Å². The van der Waals surface area contributed by atoms with E-state index in [9.17, 15) is 9.59 Å². The zero-order valence-electron chi connectivity index (χ0n) is 15.5. The number of hydrogen-bond acceptors (Lipinski definition) is 3. The summed E-state index contributed by atoms with van der Waals surface area (Å²) in [5.74, 6) is -0.311. The van der Waals surface area contributed by atoms with Gasteiger partial charge in [0.1, 0.15) is 12.2 Å². The van der Waals surface area contributed by atoms with Crippen LogP contribution in [0.15, 0.2) is 0 Å². The van der Waals surface area contributed by atoms with Crippen LogP contribution in [0, 0.1) is 0 Å². The summed E-state index contributed by atoms with van der Waals surface area (Å²) in [6.45, 7) is 4.87. The van der Waals surface area contributed by atoms with Crippen LogP contribution in [0.25, 0.3) is 0 Å². The van der Waals surface area contributed by atoms with Crippen LogP contribution in [-0.4, -0.2) is 18.4 Å². The Balaban J connectivity index is 3.34. The van der Waals surface area contributed by atoms with Crippen LogP contribution >= 0.6 is 0 Å². The highest BCUT2D eigenvalue weighted by molar-refractivity contribution is 5.95. The Morgan fingerprint density at radius 2 is 1.13 bits per heavy atom. The molecule has 0 unspecified atom stereocenters. The molecule has 0 amide bonds. The zero-order valence-corrected chi connectivity index (χ0v) is 15.5. The molecule has 0 aliphatic carbocycles. The maximum atomic E-state index is 11.6. The van der Waals surface area contributed by atoms with Crippen molar-refractivity contribution in [3.63, 3.8) is 0 Å². The molecular formula is C20H38O3. The van der Waals surface area contributed by atoms with Crippen molar-refractivity contribution in [3.8, 4) is 0 Å². The SMILES string of the molecule is CCCCCCCCCCOC(=O)CC(=O)CCCCCCC. The fourth-order valence-corrected chi connectivity index (χ4v) is 2.65. The van der Waals surface area contributed by atoms with Gasteiger partial charge in [0, 0.05) is 6.42 Å². The predicted molar refractivity (Wildman–Crippen MR) is 96.6 cm³/mol. The smallest absolute Gasteiger partial charge is 0.313 e. The summed E-state index contributed by atoms with van der Waals surface area (Å²) in [6, 6.07) is 0. The van der Waals surface area contributed by atoms with E-state index in [0.29, 0.717) is 13.0 Å². The van der Waals surface area contributed by atoms with Crippen LogP contribution in [0.1, 0.15) is 110 Å². The number of ether oxygens (including phenoxy) is 1. The van der Waals surface area contributed by atoms with Gasteiger partial charge in [-0.05, 0) is 12.8 Å². The molecule has 0 N–H and O–H groups in total. The highest BCUT2D eigenvalue weighted by atomic mass is 16.5. The molecule has 0 aliphatic rings. The lowest BCUT2D eigenvalue weighted by atomic mass is 10.1. The molecule has 3 nitrogen and oxygen atoms in total. The van der Waals surface area contributed by atoms with Crippen molar-refractivity contribution in [3.05, 3.63) is 0 Å². The molecule has 0 aromatic carbocycles. The number of carbonyl (C=O) groups is 2. The summed E-state index contributed by atoms with van der Waals surface area (Å²) in [7, 11) is 0. The largest absolute Gasteiger partial charge is 0.465 e. The van der Waals surface area contributed by atoms with Crippen LogP contribution < -0.4 is 0 Å². The van der Waals surface area contributed by atoms with Crippen molar-refractivity contribution in [1.29, 1.82) is 0 Å². The van der Waals surface area contributed by atoms with Crippen LogP contribution in [0.2, 0.25) is 0 Å². The second kappa shape index (κ2) is 17.5. The van der Waals surface area contributed by atoms with Gasteiger partial charge in [-0.3, -0.25) is 9.59 Å². The Labute approximate surface area is 143 Å². The van der Waals surface area contributed by atoms with Gasteiger partial charge >= 0.3 is 5.97 Å². The van der Waals surface area contributed by atoms with Gasteiger partial charge in [-0.1, -0.05) is 84.5 Å². The van der Waals surface area contributed by atoms with Crippen molar-refractivity contribution < 1.29 is 14.3 Å². The first-order chi connectivity index (χ1) is 11.2. The Kier molecular flexibility index (Phi) is 16.8. The fraction of sp³-hybridized carbons (Fsp3) is 0.900. The van der Waals surface area contributed by atoms with E-state index in [4.69, 9.17) is 4.74 Å². The van der Waals surface area contributed by atoms with E-state index in [1.54, 1.807) is 0 Å². The minimum Gasteiger partial charge on any atom is -0.465 e. The lowest BCUT2D eigenvalue weighted by molar-refractivity contribution is -0.146. The minimum atomic E-state index is -0.341. The van der Waals surface area contributed by atoms with Gasteiger partial charge in [-0.15, -0.1) is 0 Å². The first kappa shape index (κ1) is 22.1. The number of hydrogen-bond donors (Lipinski definition) is 0. The molecule has 0 fully saturated rings. The number of Topliss-reactive ketones (excluding diaryl/α,β-unsaturated/α-hetero) is 1. The van der Waals surface area contributed by atoms with Crippen molar-refractivity contribution in [2.75, 3.05) is 6.61 Å². The maximum absolute atomic E-state index is 11.6. The number of ketones is 1. The predicted octanol–water partition coefficient (Wildman–Crippen LogP) is 5.99. The van der Waals surface area contributed by atoms with E-state index in [1.807, 2.05) is 0 Å². The second-order valence-corrected chi connectivity index (χ2v) is 6.58. The van der Waals surface area contributed by atoms with Crippen LogP contribution in [0.3, 0.4) is 0 Å². The number of carbonyl (C=O) groups excluding carboxylic acids is 2. The van der Waals surface area contributed by atoms with Gasteiger partial charge < -0.3 is 4.74 Å². The second-order valence-electron chi connectivity index (χ2n) is 6.58. The number of unbranched alkanes of at least 4 members (excludes halogenated alkanes) is 11. The van der Waals surface area contributed by atoms with Gasteiger partial charge in [0.15, 0.2) is 0 Å². The highest BCUT2D eigenvalue weighted by Gasteiger charge is 2.10. The Morgan fingerprint density at radius 3 is 1.70 bits per heavy atom. The highest BCUT2D eigenvalue weighted by Crippen LogP contribution is 2.09. The number of esters is 1. The molecule has 23 heavy (non-hydrogen) atoms. The summed E-state index contributed by atoms with van der Waals surface area (Å²) in [4.78, 5) is 23.2. The van der Waals surface area contributed by atoms with E-state index < -0.39 is 0 Å². The third kappa shape index (κ3) is 17.3. The fourth-order valence-electron chi connectivity index (χ4n) is 2.65. The molecule has 0 rings (SSSR count). The lowest BCUT2D eigenvalue weighted by Gasteiger charge is -2.05. The molecule has 0 aromatic heterocycles. The van der Waals surface area contributed by atoms with Gasteiger partial charge in [-0.2, -0.15) is 0 Å². The molecule has 0 saturated heterocycles. The molecule has 0 aromatic rings. The van der Waals surface area contributed by atoms with Gasteiger partial charge in [0.2, 0.25) is 0 Å². The molecular weight excluding hydrogens is 288 g/mol. The van der Waals surface area contributed by atoms with Crippen molar-refractivity contribution in [1.82, 2.24) is 0 Å². The average Bonchev–Trinajstić information content (AvgIpc) is 2.53. The third-order valence-electron chi connectivity index (χ3n) is 4.16. The van der Waals surface area contributed by atoms with E-state index in [1.165, 1.54) is 57.8 Å². The van der Waals surface area contributed by atoms with Crippen LogP contribution in [-0.2, 0) is 14.3 Å². The van der Waals surface area contributed by atoms with Gasteiger partial charge in [-0.25, -0.2) is 0 Å². The summed E-state index contributed by atoms with van der Waals surface area (Å²) < 4.78 is 5.14. The van der Waals surface area contributed by atoms with Gasteiger partial charge in [0.05, 0.1) is 6.61 Å². The van der Waals surface area contributed by atoms with Crippen LogP contribution in [0.4, 0.5) is 0 Å². The Morgan fingerprint density at radius 1 is 0.652 bits per heavy atom. The minimum absolute atomic E-state index is 0.0300. The molecule has 0 aliphatic heterocycles. The van der Waals surface area contributed by atoms with E-state index in [-0.39, 0.29) is 18.2 Å². The average molecular weight is 327 g/mol. The first-order valence-corrected chi connectivity index (χ1v) is 9.88. The molecule has 0 radical (unpaired) electrons. The van der Waals surface area contributed by atoms with E-state index >= 15 is 0 Å². The molecule has 0 heterocycles. The lowest BCUT2D eigenvalue weighted by Crippen LogP contribution is -2.12. The molecule has 136 valence electrons. The van der Waals surface area contributed by atoms with E-state index in [2.05, 4.69) is 13.8 Å². The molecule has 0 saturated carbocycles. The van der Waals surface area contributed by atoms with Crippen molar-refractivity contribution in [2.24, 2.45) is 0 Å². The van der Waals surface area contributed by atoms with Crippen molar-refractivity contribution >= 4 is 11.8 Å². The molecule has 0 atom stereocenters. The summed E-state index contributed by atoms with van der Waals surface area (Å²) in [6.07, 6.45) is 15.9. The molecule has 0 spiro atoms. The van der Waals surface area contributed by atoms with Crippen LogP contribution in [0.5, 0.6) is 0 Å². The first-order valence-electron chi connectivity index (χ1n) is 9.88. The maximum Gasteiger partial charge on any atom is 0.313 e. The summed E-state index contributed by atoms with van der Waals surface area (Å²) in [5.41, 5.74) is 0. The normalized spacial score (nSPS) is 10.7. The Bertz CT molecular complexity index is 287. The third-order valence-corrected chi connectivity index (χ3v) is 4.16. The molecule has 0 bridgehead atoms. The van der Waals surface area contributed by atoms with Gasteiger partial charge in [0.25, 0.3) is 0 Å². The standard InChI is InChI=1S/C20H38O3/c1-3-5-7-9-10-11-13-15-17-23-20(22)18-19(21)16-14-12-8-6-4-2/h3-18H2,1-2H3. The summed E-state index contributed by atoms with van der Waals surface area (Å²) in [5, 5.41) is 0. The summed E-state index contributed by atoms with van der Waals surface area (Å²) >= 11 is 0.